The molecule has 221 valence electrons. The number of methoxy groups -OCH3 is 5. The van der Waals surface area contributed by atoms with E-state index in [0.29, 0.717) is 54.7 Å². The molecule has 0 aromatic heterocycles. The Morgan fingerprint density at radius 3 is 1.93 bits per heavy atom. The van der Waals surface area contributed by atoms with Gasteiger partial charge >= 0.3 is 0 Å². The molecule has 0 saturated carbocycles. The first-order valence-electron chi connectivity index (χ1n) is 13.7. The summed E-state index contributed by atoms with van der Waals surface area (Å²) >= 11 is 0. The van der Waals surface area contributed by atoms with Crippen LogP contribution in [-0.2, 0) is 22.2 Å². The van der Waals surface area contributed by atoms with Gasteiger partial charge in [-0.3, -0.25) is 4.79 Å². The van der Waals surface area contributed by atoms with Crippen molar-refractivity contribution >= 4 is 14.9 Å². The van der Waals surface area contributed by atoms with Crippen LogP contribution >= 0.6 is 0 Å². The molecule has 0 spiro atoms. The first-order chi connectivity index (χ1) is 18.9. The van der Waals surface area contributed by atoms with Crippen LogP contribution in [-0.4, -0.2) is 68.0 Å². The second-order valence-corrected chi connectivity index (χ2v) is 13.9. The molecule has 1 aliphatic rings. The Kier molecular flexibility index (Phi) is 10.4. The van der Waals surface area contributed by atoms with Gasteiger partial charge in [-0.25, -0.2) is 0 Å². The largest absolute Gasteiger partial charge is 0.493 e. The van der Waals surface area contributed by atoms with Crippen LogP contribution in [0.4, 0.5) is 0 Å². The van der Waals surface area contributed by atoms with Crippen LogP contribution in [0.25, 0.3) is 0 Å². The minimum absolute atomic E-state index is 0.0169. The Morgan fingerprint density at radius 1 is 0.850 bits per heavy atom. The summed E-state index contributed by atoms with van der Waals surface area (Å²) in [6, 6.07) is 9.73. The van der Waals surface area contributed by atoms with Crippen LogP contribution in [0.1, 0.15) is 44.7 Å². The van der Waals surface area contributed by atoms with E-state index in [1.54, 1.807) is 35.5 Å². The van der Waals surface area contributed by atoms with Gasteiger partial charge in [-0.05, 0) is 73.2 Å². The van der Waals surface area contributed by atoms with Crippen molar-refractivity contribution in [2.45, 2.75) is 65.8 Å². The Balaban J connectivity index is 2.05. The molecule has 2 aromatic rings. The van der Waals surface area contributed by atoms with Crippen LogP contribution < -0.4 is 23.7 Å². The molecule has 2 atom stereocenters. The zero-order chi connectivity index (χ0) is 29.7. The number of carbonyl (C=O) groups is 1. The molecule has 1 amide bonds. The SMILES string of the molecule is COc1ccc(CC2(C(CC(C)(C)C)O[Si](C)C)CCN(Cc3cc(OC)c(OC)c(OC)c3)C2=O)cc1OC. The van der Waals surface area contributed by atoms with E-state index < -0.39 is 14.5 Å². The number of rotatable bonds is 13. The summed E-state index contributed by atoms with van der Waals surface area (Å²) in [4.78, 5) is 16.5. The fourth-order valence-electron chi connectivity index (χ4n) is 5.58. The molecule has 0 aliphatic carbocycles. The van der Waals surface area contributed by atoms with Crippen LogP contribution in [0.5, 0.6) is 28.7 Å². The van der Waals surface area contributed by atoms with Crippen LogP contribution in [0.2, 0.25) is 13.1 Å². The summed E-state index contributed by atoms with van der Waals surface area (Å²) < 4.78 is 34.4. The molecule has 8 nitrogen and oxygen atoms in total. The maximum Gasteiger partial charge on any atom is 0.232 e. The molecule has 0 bridgehead atoms. The third kappa shape index (κ3) is 7.04. The first-order valence-corrected chi connectivity index (χ1v) is 16.1. The van der Waals surface area contributed by atoms with Gasteiger partial charge in [-0.2, -0.15) is 0 Å². The number of nitrogens with zero attached hydrogens (tertiary/aromatic N) is 1. The number of benzene rings is 2. The minimum atomic E-state index is -1.08. The van der Waals surface area contributed by atoms with Crippen molar-refractivity contribution in [3.63, 3.8) is 0 Å². The minimum Gasteiger partial charge on any atom is -0.493 e. The predicted molar refractivity (Wildman–Crippen MR) is 158 cm³/mol. The van der Waals surface area contributed by atoms with Gasteiger partial charge in [-0.1, -0.05) is 26.8 Å². The molecule has 9 heteroatoms. The van der Waals surface area contributed by atoms with Crippen LogP contribution in [0, 0.1) is 10.8 Å². The number of carbonyl (C=O) groups excluding carboxylic acids is 1. The number of hydrogen-bond acceptors (Lipinski definition) is 7. The molecule has 1 saturated heterocycles. The van der Waals surface area contributed by atoms with E-state index in [2.05, 4.69) is 33.9 Å². The molecule has 40 heavy (non-hydrogen) atoms. The van der Waals surface area contributed by atoms with Crippen molar-refractivity contribution in [1.82, 2.24) is 4.90 Å². The molecule has 0 N–H and O–H groups in total. The third-order valence-electron chi connectivity index (χ3n) is 7.40. The van der Waals surface area contributed by atoms with Gasteiger partial charge < -0.3 is 33.0 Å². The second-order valence-electron chi connectivity index (χ2n) is 11.8. The average Bonchev–Trinajstić information content (AvgIpc) is 3.21. The van der Waals surface area contributed by atoms with Gasteiger partial charge in [0.05, 0.1) is 47.1 Å². The Bertz CT molecular complexity index is 1140. The van der Waals surface area contributed by atoms with Gasteiger partial charge in [-0.15, -0.1) is 0 Å². The second kappa shape index (κ2) is 13.2. The first kappa shape index (κ1) is 31.6. The van der Waals surface area contributed by atoms with Gasteiger partial charge in [0.2, 0.25) is 20.7 Å². The summed E-state index contributed by atoms with van der Waals surface area (Å²) in [6.45, 7) is 12.0. The summed E-state index contributed by atoms with van der Waals surface area (Å²) in [5.74, 6) is 3.09. The highest BCUT2D eigenvalue weighted by molar-refractivity contribution is 6.48. The summed E-state index contributed by atoms with van der Waals surface area (Å²) in [6.07, 6.45) is 1.80. The molecule has 1 aliphatic heterocycles. The van der Waals surface area contributed by atoms with Crippen molar-refractivity contribution in [2.75, 3.05) is 42.1 Å². The molecular weight excluding hydrogens is 526 g/mol. The highest BCUT2D eigenvalue weighted by atomic mass is 28.3. The molecule has 3 rings (SSSR count). The highest BCUT2D eigenvalue weighted by Gasteiger charge is 2.53. The van der Waals surface area contributed by atoms with Crippen molar-refractivity contribution in [3.05, 3.63) is 41.5 Å². The average molecular weight is 573 g/mol. The lowest BCUT2D eigenvalue weighted by Gasteiger charge is -2.40. The third-order valence-corrected chi connectivity index (χ3v) is 8.15. The quantitative estimate of drug-likeness (QED) is 0.282. The highest BCUT2D eigenvalue weighted by Crippen LogP contribution is 2.46. The smallest absolute Gasteiger partial charge is 0.232 e. The molecule has 2 aromatic carbocycles. The van der Waals surface area contributed by atoms with Crippen LogP contribution in [0.15, 0.2) is 30.3 Å². The Hall–Kier alpha value is -2.91. The molecule has 1 heterocycles. The predicted octanol–water partition coefficient (Wildman–Crippen LogP) is 5.76. The summed E-state index contributed by atoms with van der Waals surface area (Å²) in [7, 11) is 6.95. The maximum atomic E-state index is 14.6. The van der Waals surface area contributed by atoms with E-state index >= 15 is 0 Å². The van der Waals surface area contributed by atoms with E-state index in [1.807, 2.05) is 35.2 Å². The van der Waals surface area contributed by atoms with Gasteiger partial charge in [0.15, 0.2) is 23.0 Å². The van der Waals surface area contributed by atoms with Crippen molar-refractivity contribution in [1.29, 1.82) is 0 Å². The Labute approximate surface area is 241 Å². The summed E-state index contributed by atoms with van der Waals surface area (Å²) in [5.41, 5.74) is 1.20. The van der Waals surface area contributed by atoms with Crippen molar-refractivity contribution in [3.8, 4) is 28.7 Å². The zero-order valence-electron chi connectivity index (χ0n) is 25.8. The fourth-order valence-corrected chi connectivity index (χ4v) is 6.46. The van der Waals surface area contributed by atoms with Crippen LogP contribution in [0.3, 0.4) is 0 Å². The molecular formula is C31H46NO7Si. The monoisotopic (exact) mass is 572 g/mol. The normalized spacial score (nSPS) is 18.2. The van der Waals surface area contributed by atoms with E-state index in [9.17, 15) is 4.79 Å². The molecule has 1 radical (unpaired) electrons. The van der Waals surface area contributed by atoms with Gasteiger partial charge in [0.25, 0.3) is 0 Å². The molecule has 2 unspecified atom stereocenters. The Morgan fingerprint density at radius 2 is 1.43 bits per heavy atom. The standard InChI is InChI=1S/C31H46NO7Si/c1-30(2,3)19-27(39-40(9)10)31(18-21-11-12-23(34-4)24(15-21)35-5)13-14-32(29(31)33)20-22-16-25(36-6)28(38-8)26(17-22)37-7/h11-12,15-17,27H,13-14,18-20H2,1-10H3. The van der Waals surface area contributed by atoms with Gasteiger partial charge in [0.1, 0.15) is 0 Å². The number of hydrogen-bond donors (Lipinski definition) is 0. The lowest BCUT2D eigenvalue weighted by Crippen LogP contribution is -2.48. The fraction of sp³-hybridized carbons (Fsp3) is 0.581. The summed E-state index contributed by atoms with van der Waals surface area (Å²) in [5, 5.41) is 0. The molecule has 1 fully saturated rings. The lowest BCUT2D eigenvalue weighted by molar-refractivity contribution is -0.142. The van der Waals surface area contributed by atoms with E-state index in [-0.39, 0.29) is 17.4 Å². The number of amides is 1. The van der Waals surface area contributed by atoms with Crippen molar-refractivity contribution in [2.24, 2.45) is 10.8 Å². The lowest BCUT2D eigenvalue weighted by atomic mass is 9.70. The van der Waals surface area contributed by atoms with E-state index in [4.69, 9.17) is 28.1 Å². The zero-order valence-corrected chi connectivity index (χ0v) is 26.8. The number of likely N-dealkylation sites (tertiary alicyclic amines) is 1. The maximum absolute atomic E-state index is 14.6. The van der Waals surface area contributed by atoms with E-state index in [0.717, 1.165) is 17.5 Å². The topological polar surface area (TPSA) is 75.7 Å². The number of ether oxygens (including phenoxy) is 5. The van der Waals surface area contributed by atoms with Gasteiger partial charge in [0, 0.05) is 13.1 Å². The van der Waals surface area contributed by atoms with Crippen molar-refractivity contribution < 1.29 is 32.9 Å². The van der Waals surface area contributed by atoms with E-state index in [1.165, 1.54) is 0 Å².